The maximum Gasteiger partial charge on any atom is 0.138 e. The SMILES string of the molecule is CC(CN)Nc1cc(N(C)c2ccccc2Br)ncn1. The van der Waals surface area contributed by atoms with E-state index in [0.717, 1.165) is 21.8 Å². The van der Waals surface area contributed by atoms with E-state index >= 15 is 0 Å². The van der Waals surface area contributed by atoms with E-state index in [1.54, 1.807) is 6.33 Å². The van der Waals surface area contributed by atoms with Crippen molar-refractivity contribution in [1.82, 2.24) is 9.97 Å². The average Bonchev–Trinajstić information content (AvgIpc) is 2.47. The molecule has 0 saturated carbocycles. The van der Waals surface area contributed by atoms with Crippen molar-refractivity contribution in [3.05, 3.63) is 41.1 Å². The Morgan fingerprint density at radius 2 is 2.10 bits per heavy atom. The third kappa shape index (κ3) is 3.46. The highest BCUT2D eigenvalue weighted by molar-refractivity contribution is 9.10. The molecule has 0 amide bonds. The van der Waals surface area contributed by atoms with Crippen LogP contribution in [0.5, 0.6) is 0 Å². The molecule has 0 aliphatic carbocycles. The first-order valence-corrected chi connectivity index (χ1v) is 7.18. The summed E-state index contributed by atoms with van der Waals surface area (Å²) in [5, 5.41) is 3.24. The monoisotopic (exact) mass is 335 g/mol. The summed E-state index contributed by atoms with van der Waals surface area (Å²) in [5.41, 5.74) is 6.65. The van der Waals surface area contributed by atoms with Gasteiger partial charge in [0.15, 0.2) is 0 Å². The summed E-state index contributed by atoms with van der Waals surface area (Å²) in [6.07, 6.45) is 1.55. The summed E-state index contributed by atoms with van der Waals surface area (Å²) in [4.78, 5) is 10.5. The van der Waals surface area contributed by atoms with Crippen molar-refractivity contribution in [2.45, 2.75) is 13.0 Å². The fourth-order valence-electron chi connectivity index (χ4n) is 1.77. The molecule has 0 radical (unpaired) electrons. The molecule has 106 valence electrons. The summed E-state index contributed by atoms with van der Waals surface area (Å²) in [7, 11) is 1.97. The molecule has 1 heterocycles. The van der Waals surface area contributed by atoms with E-state index in [1.165, 1.54) is 0 Å². The van der Waals surface area contributed by atoms with Crippen LogP contribution in [0.15, 0.2) is 41.1 Å². The molecule has 5 nitrogen and oxygen atoms in total. The number of hydrogen-bond acceptors (Lipinski definition) is 5. The van der Waals surface area contributed by atoms with Crippen LogP contribution in [0.4, 0.5) is 17.3 Å². The van der Waals surface area contributed by atoms with Gasteiger partial charge in [-0.1, -0.05) is 12.1 Å². The van der Waals surface area contributed by atoms with E-state index in [2.05, 4.69) is 31.2 Å². The summed E-state index contributed by atoms with van der Waals surface area (Å²) in [6, 6.07) is 10.1. The van der Waals surface area contributed by atoms with Crippen LogP contribution >= 0.6 is 15.9 Å². The minimum Gasteiger partial charge on any atom is -0.366 e. The Kier molecular flexibility index (Phi) is 4.92. The smallest absolute Gasteiger partial charge is 0.138 e. The molecule has 3 N–H and O–H groups in total. The van der Waals surface area contributed by atoms with Crippen LogP contribution in [-0.2, 0) is 0 Å². The molecule has 2 rings (SSSR count). The van der Waals surface area contributed by atoms with Crippen molar-refractivity contribution >= 4 is 33.3 Å². The van der Waals surface area contributed by atoms with E-state index in [9.17, 15) is 0 Å². The van der Waals surface area contributed by atoms with Crippen LogP contribution in [0.2, 0.25) is 0 Å². The van der Waals surface area contributed by atoms with Crippen LogP contribution in [0.25, 0.3) is 0 Å². The lowest BCUT2D eigenvalue weighted by atomic mass is 10.3. The average molecular weight is 336 g/mol. The van der Waals surface area contributed by atoms with Gasteiger partial charge in [-0.25, -0.2) is 9.97 Å². The van der Waals surface area contributed by atoms with Crippen molar-refractivity contribution in [2.75, 3.05) is 23.8 Å². The number of nitrogens with one attached hydrogen (secondary N) is 1. The van der Waals surface area contributed by atoms with Gasteiger partial charge in [0.25, 0.3) is 0 Å². The number of para-hydroxylation sites is 1. The zero-order valence-corrected chi connectivity index (χ0v) is 13.1. The molecule has 0 spiro atoms. The molecule has 1 aromatic heterocycles. The Labute approximate surface area is 127 Å². The van der Waals surface area contributed by atoms with Crippen molar-refractivity contribution < 1.29 is 0 Å². The van der Waals surface area contributed by atoms with Gasteiger partial charge in [0.05, 0.1) is 5.69 Å². The van der Waals surface area contributed by atoms with Crippen LogP contribution in [0, 0.1) is 0 Å². The first-order valence-electron chi connectivity index (χ1n) is 6.38. The van der Waals surface area contributed by atoms with Gasteiger partial charge in [0, 0.05) is 30.2 Å². The van der Waals surface area contributed by atoms with Gasteiger partial charge in [-0.2, -0.15) is 0 Å². The van der Waals surface area contributed by atoms with Crippen molar-refractivity contribution in [2.24, 2.45) is 5.73 Å². The molecule has 1 unspecified atom stereocenters. The Morgan fingerprint density at radius 3 is 2.80 bits per heavy atom. The maximum absolute atomic E-state index is 5.61. The zero-order valence-electron chi connectivity index (χ0n) is 11.5. The van der Waals surface area contributed by atoms with Crippen molar-refractivity contribution in [3.8, 4) is 0 Å². The largest absolute Gasteiger partial charge is 0.366 e. The van der Waals surface area contributed by atoms with E-state index < -0.39 is 0 Å². The highest BCUT2D eigenvalue weighted by atomic mass is 79.9. The molecule has 1 atom stereocenters. The third-order valence-corrected chi connectivity index (χ3v) is 3.63. The fourth-order valence-corrected chi connectivity index (χ4v) is 2.32. The summed E-state index contributed by atoms with van der Waals surface area (Å²) in [6.45, 7) is 2.57. The molecule has 1 aromatic carbocycles. The van der Waals surface area contributed by atoms with Crippen LogP contribution in [0.3, 0.4) is 0 Å². The molecule has 0 saturated heterocycles. The molecule has 0 fully saturated rings. The van der Waals surface area contributed by atoms with E-state index in [1.807, 2.05) is 49.2 Å². The van der Waals surface area contributed by atoms with E-state index in [0.29, 0.717) is 6.54 Å². The number of nitrogens with zero attached hydrogens (tertiary/aromatic N) is 3. The Balaban J connectivity index is 2.24. The Bertz CT molecular complexity index is 575. The molecule has 6 heteroatoms. The third-order valence-electron chi connectivity index (χ3n) is 2.96. The molecule has 0 bridgehead atoms. The molecular weight excluding hydrogens is 318 g/mol. The standard InChI is InChI=1S/C14H18BrN5/c1-10(8-16)19-13-7-14(18-9-17-13)20(2)12-6-4-3-5-11(12)15/h3-7,9-10H,8,16H2,1-2H3,(H,17,18,19). The summed E-state index contributed by atoms with van der Waals surface area (Å²) >= 11 is 3.55. The number of anilines is 3. The Morgan fingerprint density at radius 1 is 1.35 bits per heavy atom. The lowest BCUT2D eigenvalue weighted by Crippen LogP contribution is -2.25. The second-order valence-electron chi connectivity index (χ2n) is 4.55. The van der Waals surface area contributed by atoms with Crippen molar-refractivity contribution in [3.63, 3.8) is 0 Å². The molecule has 0 aliphatic heterocycles. The molecule has 0 aliphatic rings. The zero-order chi connectivity index (χ0) is 14.5. The minimum absolute atomic E-state index is 0.173. The molecule has 20 heavy (non-hydrogen) atoms. The second-order valence-corrected chi connectivity index (χ2v) is 5.41. The topological polar surface area (TPSA) is 67.1 Å². The van der Waals surface area contributed by atoms with Crippen LogP contribution in [-0.4, -0.2) is 29.6 Å². The van der Waals surface area contributed by atoms with Crippen LogP contribution in [0.1, 0.15) is 6.92 Å². The molecule has 2 aromatic rings. The van der Waals surface area contributed by atoms with Crippen LogP contribution < -0.4 is 16.0 Å². The number of halogens is 1. The normalized spacial score (nSPS) is 12.0. The lowest BCUT2D eigenvalue weighted by Gasteiger charge is -2.20. The van der Waals surface area contributed by atoms with Gasteiger partial charge in [-0.05, 0) is 35.0 Å². The van der Waals surface area contributed by atoms with E-state index in [4.69, 9.17) is 5.73 Å². The Hall–Kier alpha value is -1.66. The molecular formula is C14H18BrN5. The lowest BCUT2D eigenvalue weighted by molar-refractivity contribution is 0.797. The van der Waals surface area contributed by atoms with Gasteiger partial charge in [0.1, 0.15) is 18.0 Å². The first-order chi connectivity index (χ1) is 9.61. The predicted octanol–water partition coefficient (Wildman–Crippen LogP) is 2.77. The fraction of sp³-hybridized carbons (Fsp3) is 0.286. The maximum atomic E-state index is 5.61. The highest BCUT2D eigenvalue weighted by Crippen LogP contribution is 2.29. The minimum atomic E-state index is 0.173. The quantitative estimate of drug-likeness (QED) is 0.879. The number of aromatic nitrogens is 2. The van der Waals surface area contributed by atoms with Gasteiger partial charge in [-0.3, -0.25) is 0 Å². The number of nitrogens with two attached hydrogens (primary N) is 1. The predicted molar refractivity (Wildman–Crippen MR) is 86.4 cm³/mol. The second kappa shape index (κ2) is 6.67. The van der Waals surface area contributed by atoms with Gasteiger partial charge in [-0.15, -0.1) is 0 Å². The van der Waals surface area contributed by atoms with Crippen molar-refractivity contribution in [1.29, 1.82) is 0 Å². The number of rotatable bonds is 5. The first kappa shape index (κ1) is 14.7. The van der Waals surface area contributed by atoms with Gasteiger partial charge < -0.3 is 16.0 Å². The number of hydrogen-bond donors (Lipinski definition) is 2. The highest BCUT2D eigenvalue weighted by Gasteiger charge is 2.10. The number of benzene rings is 1. The van der Waals surface area contributed by atoms with Gasteiger partial charge in [0.2, 0.25) is 0 Å². The summed E-state index contributed by atoms with van der Waals surface area (Å²) in [5.74, 6) is 1.59. The summed E-state index contributed by atoms with van der Waals surface area (Å²) < 4.78 is 1.02. The van der Waals surface area contributed by atoms with E-state index in [-0.39, 0.29) is 6.04 Å². The van der Waals surface area contributed by atoms with Gasteiger partial charge >= 0.3 is 0 Å².